The van der Waals surface area contributed by atoms with E-state index in [1.54, 1.807) is 12.1 Å². The molecule has 1 saturated heterocycles. The van der Waals surface area contributed by atoms with Crippen LogP contribution in [0.3, 0.4) is 0 Å². The molecule has 0 bridgehead atoms. The first-order valence-electron chi connectivity index (χ1n) is 5.52. The largest absolute Gasteiger partial charge is 0.354 e. The molecule has 0 atom stereocenters. The lowest BCUT2D eigenvalue weighted by Crippen LogP contribution is -2.37. The number of hydrogen-bond acceptors (Lipinski definition) is 4. The van der Waals surface area contributed by atoms with Crippen molar-refractivity contribution in [2.45, 2.75) is 6.92 Å². The molecule has 1 heterocycles. The van der Waals surface area contributed by atoms with Gasteiger partial charge in [-0.3, -0.25) is 15.0 Å². The number of terminal acetylenes is 1. The van der Waals surface area contributed by atoms with E-state index in [-0.39, 0.29) is 6.54 Å². The Kier molecular flexibility index (Phi) is 3.21. The second-order valence-corrected chi connectivity index (χ2v) is 3.95. The predicted octanol–water partition coefficient (Wildman–Crippen LogP) is 0.746. The summed E-state index contributed by atoms with van der Waals surface area (Å²) in [5.41, 5.74) is 4.04. The molecular formula is C13H11N3O3. The number of nitrogens with zero attached hydrogens (tertiary/aromatic N) is 2. The van der Waals surface area contributed by atoms with Crippen LogP contribution < -0.4 is 5.43 Å². The van der Waals surface area contributed by atoms with Crippen LogP contribution in [-0.2, 0) is 9.59 Å². The van der Waals surface area contributed by atoms with E-state index in [0.29, 0.717) is 15.6 Å². The number of urea groups is 1. The van der Waals surface area contributed by atoms with E-state index in [2.05, 4.69) is 11.3 Å². The van der Waals surface area contributed by atoms with Gasteiger partial charge in [-0.05, 0) is 18.6 Å². The van der Waals surface area contributed by atoms with Crippen molar-refractivity contribution in [3.8, 4) is 12.3 Å². The molecule has 0 aromatic heterocycles. The lowest BCUT2D eigenvalue weighted by Gasteiger charge is -2.17. The van der Waals surface area contributed by atoms with Gasteiger partial charge in [0.2, 0.25) is 0 Å². The van der Waals surface area contributed by atoms with Crippen LogP contribution in [0.1, 0.15) is 5.56 Å². The third kappa shape index (κ3) is 2.13. The van der Waals surface area contributed by atoms with Gasteiger partial charge in [-0.15, -0.1) is 6.42 Å². The zero-order valence-electron chi connectivity index (χ0n) is 10.2. The van der Waals surface area contributed by atoms with Crippen LogP contribution in [0.5, 0.6) is 0 Å². The summed E-state index contributed by atoms with van der Waals surface area (Å²) in [6, 6.07) is 6.32. The minimum Gasteiger partial charge on any atom is -0.287 e. The lowest BCUT2D eigenvalue weighted by molar-refractivity contribution is -0.142. The maximum atomic E-state index is 11.9. The number of amides is 4. The van der Waals surface area contributed by atoms with E-state index < -0.39 is 17.8 Å². The maximum Gasteiger partial charge on any atom is 0.354 e. The van der Waals surface area contributed by atoms with Gasteiger partial charge in [0.05, 0.1) is 12.2 Å². The highest BCUT2D eigenvalue weighted by Gasteiger charge is 2.44. The van der Waals surface area contributed by atoms with E-state index in [1.165, 1.54) is 0 Å². The van der Waals surface area contributed by atoms with Crippen molar-refractivity contribution in [1.82, 2.24) is 9.91 Å². The third-order valence-corrected chi connectivity index (χ3v) is 2.68. The fourth-order valence-corrected chi connectivity index (χ4v) is 1.65. The van der Waals surface area contributed by atoms with Crippen LogP contribution in [0.4, 0.5) is 10.5 Å². The van der Waals surface area contributed by atoms with Crippen molar-refractivity contribution < 1.29 is 14.4 Å². The second kappa shape index (κ2) is 4.82. The van der Waals surface area contributed by atoms with E-state index in [4.69, 9.17) is 6.42 Å². The van der Waals surface area contributed by atoms with E-state index in [0.717, 1.165) is 5.56 Å². The minimum absolute atomic E-state index is 0.227. The summed E-state index contributed by atoms with van der Waals surface area (Å²) in [4.78, 5) is 35.9. The van der Waals surface area contributed by atoms with Crippen molar-refractivity contribution in [3.05, 3.63) is 29.8 Å². The third-order valence-electron chi connectivity index (χ3n) is 2.68. The molecule has 0 aliphatic carbocycles. The predicted molar refractivity (Wildman–Crippen MR) is 67.6 cm³/mol. The van der Waals surface area contributed by atoms with Gasteiger partial charge in [0.15, 0.2) is 0 Å². The average Bonchev–Trinajstić information content (AvgIpc) is 2.59. The Morgan fingerprint density at radius 1 is 1.21 bits per heavy atom. The first kappa shape index (κ1) is 12.6. The van der Waals surface area contributed by atoms with E-state index in [1.807, 2.05) is 19.1 Å². The number of carbonyl (C=O) groups is 3. The number of carbonyl (C=O) groups excluding carboxylic acids is 3. The van der Waals surface area contributed by atoms with Crippen molar-refractivity contribution in [3.63, 3.8) is 0 Å². The highest BCUT2D eigenvalue weighted by molar-refractivity contribution is 6.45. The molecule has 19 heavy (non-hydrogen) atoms. The number of rotatable bonds is 3. The van der Waals surface area contributed by atoms with Crippen molar-refractivity contribution in [1.29, 1.82) is 0 Å². The lowest BCUT2D eigenvalue weighted by atomic mass is 10.2. The summed E-state index contributed by atoms with van der Waals surface area (Å²) >= 11 is 0. The van der Waals surface area contributed by atoms with Crippen molar-refractivity contribution in [2.24, 2.45) is 0 Å². The fourth-order valence-electron chi connectivity index (χ4n) is 1.65. The summed E-state index contributed by atoms with van der Waals surface area (Å²) < 4.78 is 0. The standard InChI is InChI=1S/C13H11N3O3/c1-3-8-15-11(17)12(18)16(13(15)19)14-10-7-5-4-6-9(10)2/h1,4-7,14H,8H2,2H3. The molecule has 96 valence electrons. The van der Waals surface area contributed by atoms with Gasteiger partial charge in [0, 0.05) is 0 Å². The SMILES string of the molecule is C#CCN1C(=O)C(=O)N(Nc2ccccc2C)C1=O. The molecule has 0 unspecified atom stereocenters. The van der Waals surface area contributed by atoms with Crippen molar-refractivity contribution >= 4 is 23.5 Å². The molecule has 0 saturated carbocycles. The molecule has 1 aliphatic heterocycles. The summed E-state index contributed by atoms with van der Waals surface area (Å²) in [7, 11) is 0. The Balaban J connectivity index is 2.25. The number of para-hydroxylation sites is 1. The summed E-state index contributed by atoms with van der Waals surface area (Å²) in [6.07, 6.45) is 5.05. The van der Waals surface area contributed by atoms with Crippen LogP contribution in [0.2, 0.25) is 0 Å². The van der Waals surface area contributed by atoms with E-state index in [9.17, 15) is 14.4 Å². The van der Waals surface area contributed by atoms with Crippen LogP contribution in [0.15, 0.2) is 24.3 Å². The number of nitrogens with one attached hydrogen (secondary N) is 1. The molecule has 1 aromatic rings. The molecule has 1 N–H and O–H groups in total. The van der Waals surface area contributed by atoms with Crippen LogP contribution >= 0.6 is 0 Å². The number of anilines is 1. The Morgan fingerprint density at radius 2 is 1.89 bits per heavy atom. The fraction of sp³-hybridized carbons (Fsp3) is 0.154. The molecule has 1 aromatic carbocycles. The number of benzene rings is 1. The first-order chi connectivity index (χ1) is 9.06. The summed E-state index contributed by atoms with van der Waals surface area (Å²) in [6.45, 7) is 1.59. The zero-order chi connectivity index (χ0) is 14.0. The number of imide groups is 2. The Morgan fingerprint density at radius 3 is 2.53 bits per heavy atom. The normalized spacial score (nSPS) is 14.8. The first-order valence-corrected chi connectivity index (χ1v) is 5.52. The van der Waals surface area contributed by atoms with Gasteiger partial charge in [0.25, 0.3) is 0 Å². The molecule has 1 aliphatic rings. The average molecular weight is 257 g/mol. The monoisotopic (exact) mass is 257 g/mol. The van der Waals surface area contributed by atoms with Gasteiger partial charge in [-0.2, -0.15) is 5.01 Å². The van der Waals surface area contributed by atoms with Crippen LogP contribution in [0.25, 0.3) is 0 Å². The number of aryl methyl sites for hydroxylation is 1. The molecule has 4 amide bonds. The Labute approximate surface area is 110 Å². The molecule has 0 spiro atoms. The van der Waals surface area contributed by atoms with Gasteiger partial charge in [0.1, 0.15) is 0 Å². The van der Waals surface area contributed by atoms with Crippen LogP contribution in [0, 0.1) is 19.3 Å². The molecule has 2 rings (SSSR count). The highest BCUT2D eigenvalue weighted by atomic mass is 16.2. The minimum atomic E-state index is -0.941. The van der Waals surface area contributed by atoms with E-state index >= 15 is 0 Å². The van der Waals surface area contributed by atoms with Gasteiger partial charge in [-0.1, -0.05) is 24.1 Å². The molecular weight excluding hydrogens is 246 g/mol. The smallest absolute Gasteiger partial charge is 0.287 e. The number of hydrogen-bond donors (Lipinski definition) is 1. The quantitative estimate of drug-likeness (QED) is 0.492. The number of hydrazine groups is 1. The van der Waals surface area contributed by atoms with Gasteiger partial charge >= 0.3 is 17.8 Å². The molecule has 6 heteroatoms. The summed E-state index contributed by atoms with van der Waals surface area (Å²) in [5, 5.41) is 0.669. The highest BCUT2D eigenvalue weighted by Crippen LogP contribution is 2.18. The van der Waals surface area contributed by atoms with Crippen LogP contribution in [-0.4, -0.2) is 34.3 Å². The Hall–Kier alpha value is -2.81. The second-order valence-electron chi connectivity index (χ2n) is 3.95. The van der Waals surface area contributed by atoms with Crippen molar-refractivity contribution in [2.75, 3.05) is 12.0 Å². The summed E-state index contributed by atoms with van der Waals surface area (Å²) in [5.74, 6) is 0.296. The Bertz CT molecular complexity index is 603. The molecule has 0 radical (unpaired) electrons. The zero-order valence-corrected chi connectivity index (χ0v) is 10.2. The topological polar surface area (TPSA) is 69.7 Å². The molecule has 1 fully saturated rings. The maximum absolute atomic E-state index is 11.9. The van der Waals surface area contributed by atoms with Gasteiger partial charge < -0.3 is 0 Å². The van der Waals surface area contributed by atoms with Gasteiger partial charge in [-0.25, -0.2) is 9.69 Å². The molecule has 6 nitrogen and oxygen atoms in total.